The number of hydrogen-bond acceptors (Lipinski definition) is 9. The van der Waals surface area contributed by atoms with Crippen molar-refractivity contribution in [1.29, 1.82) is 0 Å². The zero-order valence-electron chi connectivity index (χ0n) is 28.6. The molecule has 260 valence electrons. The predicted molar refractivity (Wildman–Crippen MR) is 168 cm³/mol. The smallest absolute Gasteiger partial charge is 0.338 e. The fraction of sp³-hybridized carbons (Fsp3) is 0.861. The maximum Gasteiger partial charge on any atom is 0.338 e. The van der Waals surface area contributed by atoms with Crippen LogP contribution in [0.5, 0.6) is 0 Å². The van der Waals surface area contributed by atoms with Crippen LogP contribution in [0.25, 0.3) is 0 Å². The summed E-state index contributed by atoms with van der Waals surface area (Å²) in [7, 11) is 0. The van der Waals surface area contributed by atoms with Crippen LogP contribution in [0.1, 0.15) is 106 Å². The van der Waals surface area contributed by atoms with Crippen molar-refractivity contribution in [3.05, 3.63) is 11.6 Å². The third-order valence-electron chi connectivity index (χ3n) is 14.8. The Labute approximate surface area is 272 Å². The monoisotopic (exact) mass is 648 g/mol. The van der Waals surface area contributed by atoms with E-state index in [1.807, 2.05) is 26.8 Å². The molecule has 0 aromatic rings. The minimum absolute atomic E-state index is 0.00910. The molecule has 10 nitrogen and oxygen atoms in total. The average Bonchev–Trinajstić information content (AvgIpc) is 2.98. The fourth-order valence-corrected chi connectivity index (χ4v) is 11.4. The first kappa shape index (κ1) is 35.5. The highest BCUT2D eigenvalue weighted by atomic mass is 16.6. The quantitative estimate of drug-likeness (QED) is 0.224. The SMILES string of the molecule is CC1(C)C2CC[C@]3(C)[C@H](C(=O)C=C4[C@H]5C[C@@](C)(C(=O)O)CC[C@]5(C)CC[C@]43C)[C@@]2(C)CC[C@@H]1OC(=O)[C@H](O)[C@@H](O)[C@H](O)[C@H](O)CO. The Morgan fingerprint density at radius 3 is 2.13 bits per heavy atom. The van der Waals surface area contributed by atoms with Crippen molar-refractivity contribution >= 4 is 17.7 Å². The molecular weight excluding hydrogens is 592 g/mol. The predicted octanol–water partition coefficient (Wildman–Crippen LogP) is 3.40. The van der Waals surface area contributed by atoms with E-state index in [-0.39, 0.29) is 39.8 Å². The van der Waals surface area contributed by atoms with Crippen molar-refractivity contribution in [3.63, 3.8) is 0 Å². The Morgan fingerprint density at radius 2 is 1.52 bits per heavy atom. The van der Waals surface area contributed by atoms with Crippen molar-refractivity contribution in [2.45, 2.75) is 137 Å². The van der Waals surface area contributed by atoms with Gasteiger partial charge in [0.15, 0.2) is 11.9 Å². The third kappa shape index (κ3) is 4.94. The van der Waals surface area contributed by atoms with Gasteiger partial charge in [0.05, 0.1) is 12.0 Å². The van der Waals surface area contributed by atoms with E-state index in [1.54, 1.807) is 0 Å². The molecule has 0 aromatic heterocycles. The van der Waals surface area contributed by atoms with Crippen LogP contribution in [-0.2, 0) is 19.1 Å². The first-order valence-electron chi connectivity index (χ1n) is 17.2. The van der Waals surface area contributed by atoms with E-state index in [2.05, 4.69) is 27.7 Å². The summed E-state index contributed by atoms with van der Waals surface area (Å²) in [6.45, 7) is 14.2. The van der Waals surface area contributed by atoms with Gasteiger partial charge in [-0.05, 0) is 104 Å². The Bertz CT molecular complexity index is 1290. The molecule has 0 radical (unpaired) electrons. The Morgan fingerprint density at radius 1 is 0.891 bits per heavy atom. The molecule has 0 aromatic carbocycles. The van der Waals surface area contributed by atoms with E-state index in [0.717, 1.165) is 37.7 Å². The molecule has 1 unspecified atom stereocenters. The van der Waals surface area contributed by atoms with Gasteiger partial charge in [0.2, 0.25) is 0 Å². The molecule has 13 atom stereocenters. The Kier molecular flexibility index (Phi) is 8.76. The maximum absolute atomic E-state index is 14.5. The molecule has 5 rings (SSSR count). The summed E-state index contributed by atoms with van der Waals surface area (Å²) >= 11 is 0. The Hall–Kier alpha value is -1.85. The molecule has 4 saturated carbocycles. The van der Waals surface area contributed by atoms with E-state index in [9.17, 15) is 39.9 Å². The highest BCUT2D eigenvalue weighted by molar-refractivity contribution is 5.95. The van der Waals surface area contributed by atoms with Gasteiger partial charge in [-0.3, -0.25) is 9.59 Å². The van der Waals surface area contributed by atoms with E-state index < -0.39 is 65.3 Å². The fourth-order valence-electron chi connectivity index (χ4n) is 11.4. The number of aliphatic carboxylic acids is 1. The molecule has 46 heavy (non-hydrogen) atoms. The number of rotatable bonds is 7. The van der Waals surface area contributed by atoms with E-state index in [4.69, 9.17) is 9.84 Å². The van der Waals surface area contributed by atoms with E-state index in [0.29, 0.717) is 25.7 Å². The van der Waals surface area contributed by atoms with Gasteiger partial charge in [0, 0.05) is 11.3 Å². The summed E-state index contributed by atoms with van der Waals surface area (Å²) in [5, 5.41) is 59.6. The summed E-state index contributed by atoms with van der Waals surface area (Å²) in [5.74, 6) is -1.96. The molecule has 0 amide bonds. The number of fused-ring (bicyclic) bond motifs is 7. The third-order valence-corrected chi connectivity index (χ3v) is 14.8. The second kappa shape index (κ2) is 11.4. The summed E-state index contributed by atoms with van der Waals surface area (Å²) in [6.07, 6.45) is 0.130. The number of carbonyl (C=O) groups is 3. The van der Waals surface area contributed by atoms with Crippen LogP contribution in [0.2, 0.25) is 0 Å². The summed E-state index contributed by atoms with van der Waals surface area (Å²) in [4.78, 5) is 39.9. The maximum atomic E-state index is 14.5. The van der Waals surface area contributed by atoms with Crippen LogP contribution < -0.4 is 0 Å². The lowest BCUT2D eigenvalue weighted by atomic mass is 9.33. The normalized spacial score (nSPS) is 45.8. The standard InChI is InChI=1S/C36H56O10/c1-31(2)23-8-11-36(7)28(34(23,5)10-9-24(31)46-29(43)27(42)26(41)25(40)22(39)18-37)21(38)16-19-20-17-33(4,30(44)45)13-12-32(20,3)14-15-35(19,36)6/h16,20,22-28,37,39-42H,8-15,17-18H2,1-7H3,(H,44,45)/t20-,22-,23?,24+,25-,26+,27-,28-,32-,33+,34+,35-,36-/m1/s1. The van der Waals surface area contributed by atoms with Crippen molar-refractivity contribution in [2.24, 2.45) is 50.2 Å². The molecule has 0 bridgehead atoms. The molecular formula is C36H56O10. The molecule has 0 spiro atoms. The zero-order valence-corrected chi connectivity index (χ0v) is 28.6. The molecule has 5 aliphatic carbocycles. The number of carboxylic acid groups (broad SMARTS) is 1. The lowest BCUT2D eigenvalue weighted by molar-refractivity contribution is -0.217. The van der Waals surface area contributed by atoms with Gasteiger partial charge in [-0.25, -0.2) is 4.79 Å². The molecule has 6 N–H and O–H groups in total. The van der Waals surface area contributed by atoms with E-state index in [1.165, 1.54) is 0 Å². The highest BCUT2D eigenvalue weighted by Crippen LogP contribution is 2.75. The Balaban J connectivity index is 1.43. The lowest BCUT2D eigenvalue weighted by Crippen LogP contribution is -2.67. The molecule has 4 fully saturated rings. The second-order valence-electron chi connectivity index (χ2n) is 17.5. The summed E-state index contributed by atoms with van der Waals surface area (Å²) in [6, 6.07) is 0. The molecule has 0 heterocycles. The van der Waals surface area contributed by atoms with Gasteiger partial charge in [0.1, 0.15) is 24.4 Å². The number of ketones is 1. The number of aliphatic hydroxyl groups excluding tert-OH is 5. The first-order chi connectivity index (χ1) is 21.1. The number of carboxylic acids is 1. The number of hydrogen-bond donors (Lipinski definition) is 6. The minimum atomic E-state index is -2.11. The van der Waals surface area contributed by atoms with Gasteiger partial charge in [0.25, 0.3) is 0 Å². The van der Waals surface area contributed by atoms with Crippen LogP contribution in [0.4, 0.5) is 0 Å². The van der Waals surface area contributed by atoms with Gasteiger partial charge in [-0.15, -0.1) is 0 Å². The molecule has 0 saturated heterocycles. The topological polar surface area (TPSA) is 182 Å². The average molecular weight is 649 g/mol. The van der Waals surface area contributed by atoms with Crippen LogP contribution in [0.3, 0.4) is 0 Å². The first-order valence-corrected chi connectivity index (χ1v) is 17.2. The van der Waals surface area contributed by atoms with Crippen molar-refractivity contribution in [1.82, 2.24) is 0 Å². The van der Waals surface area contributed by atoms with Crippen molar-refractivity contribution in [3.8, 4) is 0 Å². The number of ether oxygens (including phenoxy) is 1. The van der Waals surface area contributed by atoms with Gasteiger partial charge in [-0.2, -0.15) is 0 Å². The van der Waals surface area contributed by atoms with E-state index >= 15 is 0 Å². The van der Waals surface area contributed by atoms with Crippen molar-refractivity contribution in [2.75, 3.05) is 6.61 Å². The highest BCUT2D eigenvalue weighted by Gasteiger charge is 2.70. The summed E-state index contributed by atoms with van der Waals surface area (Å²) < 4.78 is 5.80. The van der Waals surface area contributed by atoms with Gasteiger partial charge < -0.3 is 35.4 Å². The molecule has 10 heteroatoms. The van der Waals surface area contributed by atoms with Crippen LogP contribution in [0.15, 0.2) is 11.6 Å². The number of carbonyl (C=O) groups excluding carboxylic acids is 2. The van der Waals surface area contributed by atoms with Gasteiger partial charge >= 0.3 is 11.9 Å². The lowest BCUT2D eigenvalue weighted by Gasteiger charge is -2.70. The number of esters is 1. The van der Waals surface area contributed by atoms with Gasteiger partial charge in [-0.1, -0.05) is 47.1 Å². The molecule has 0 aliphatic heterocycles. The summed E-state index contributed by atoms with van der Waals surface area (Å²) in [5.41, 5.74) is -1.25. The van der Waals surface area contributed by atoms with Crippen LogP contribution in [0, 0.1) is 50.2 Å². The van der Waals surface area contributed by atoms with Crippen LogP contribution >= 0.6 is 0 Å². The number of aliphatic hydroxyl groups is 5. The largest absolute Gasteiger partial charge is 0.481 e. The minimum Gasteiger partial charge on any atom is -0.481 e. The second-order valence-corrected chi connectivity index (χ2v) is 17.5. The number of allylic oxidation sites excluding steroid dienone is 2. The van der Waals surface area contributed by atoms with Crippen molar-refractivity contribution < 1.29 is 49.8 Å². The zero-order chi connectivity index (χ0) is 34.4. The molecule has 5 aliphatic rings. The van der Waals surface area contributed by atoms with Crippen LogP contribution in [-0.4, -0.2) is 85.5 Å².